The third-order valence-corrected chi connectivity index (χ3v) is 3.75. The van der Waals surface area contributed by atoms with Gasteiger partial charge in [-0.2, -0.15) is 0 Å². The van der Waals surface area contributed by atoms with Crippen LogP contribution in [0, 0.1) is 0 Å². The molecule has 96 valence electrons. The first kappa shape index (κ1) is 12.5. The molecular formula is C14H24N2O. The average Bonchev–Trinajstić information content (AvgIpc) is 2.69. The van der Waals surface area contributed by atoms with Crippen molar-refractivity contribution in [1.29, 1.82) is 0 Å². The first-order valence-corrected chi connectivity index (χ1v) is 7.07. The van der Waals surface area contributed by atoms with E-state index in [2.05, 4.69) is 11.4 Å². The first-order chi connectivity index (χ1) is 8.36. The molecule has 1 aliphatic carbocycles. The maximum Gasteiger partial charge on any atom is 0.317 e. The fourth-order valence-corrected chi connectivity index (χ4v) is 2.68. The number of nitrogens with one attached hydrogen (secondary N) is 1. The van der Waals surface area contributed by atoms with E-state index in [1.165, 1.54) is 50.5 Å². The molecule has 2 rings (SSSR count). The Morgan fingerprint density at radius 1 is 1.18 bits per heavy atom. The van der Waals surface area contributed by atoms with Gasteiger partial charge < -0.3 is 10.2 Å². The molecule has 1 heterocycles. The van der Waals surface area contributed by atoms with Crippen molar-refractivity contribution in [2.75, 3.05) is 19.6 Å². The Morgan fingerprint density at radius 2 is 1.94 bits per heavy atom. The van der Waals surface area contributed by atoms with E-state index < -0.39 is 0 Å². The van der Waals surface area contributed by atoms with Gasteiger partial charge in [-0.25, -0.2) is 4.79 Å². The summed E-state index contributed by atoms with van der Waals surface area (Å²) < 4.78 is 0. The zero-order chi connectivity index (χ0) is 11.9. The normalized spacial score (nSPS) is 20.9. The molecule has 3 nitrogen and oxygen atoms in total. The largest absolute Gasteiger partial charge is 0.338 e. The molecule has 0 aromatic rings. The Balaban J connectivity index is 1.65. The number of hydrogen-bond acceptors (Lipinski definition) is 1. The highest BCUT2D eigenvalue weighted by Gasteiger charge is 2.14. The Morgan fingerprint density at radius 3 is 2.59 bits per heavy atom. The lowest BCUT2D eigenvalue weighted by Gasteiger charge is -2.20. The first-order valence-electron chi connectivity index (χ1n) is 7.07. The zero-order valence-electron chi connectivity index (χ0n) is 10.7. The number of urea groups is 1. The van der Waals surface area contributed by atoms with E-state index in [1.807, 2.05) is 4.90 Å². The van der Waals surface area contributed by atoms with Gasteiger partial charge in [-0.05, 0) is 38.5 Å². The van der Waals surface area contributed by atoms with E-state index in [-0.39, 0.29) is 6.03 Å². The summed E-state index contributed by atoms with van der Waals surface area (Å²) in [4.78, 5) is 13.9. The number of carbonyl (C=O) groups excluding carboxylic acids is 1. The van der Waals surface area contributed by atoms with Crippen LogP contribution in [0.3, 0.4) is 0 Å². The second-order valence-electron chi connectivity index (χ2n) is 5.14. The zero-order valence-corrected chi connectivity index (χ0v) is 10.7. The summed E-state index contributed by atoms with van der Waals surface area (Å²) in [7, 11) is 0. The number of allylic oxidation sites excluding steroid dienone is 1. The van der Waals surface area contributed by atoms with Crippen LogP contribution in [-0.4, -0.2) is 30.6 Å². The fourth-order valence-electron chi connectivity index (χ4n) is 2.68. The molecule has 1 saturated heterocycles. The van der Waals surface area contributed by atoms with Crippen LogP contribution >= 0.6 is 0 Å². The van der Waals surface area contributed by atoms with Crippen LogP contribution in [0.5, 0.6) is 0 Å². The van der Waals surface area contributed by atoms with Crippen molar-refractivity contribution in [2.24, 2.45) is 0 Å². The van der Waals surface area contributed by atoms with Crippen LogP contribution in [0.2, 0.25) is 0 Å². The maximum atomic E-state index is 11.9. The molecule has 0 aromatic carbocycles. The fraction of sp³-hybridized carbons (Fsp3) is 0.786. The summed E-state index contributed by atoms with van der Waals surface area (Å²) in [6, 6.07) is 0.144. The third kappa shape index (κ3) is 4.06. The van der Waals surface area contributed by atoms with Gasteiger partial charge in [-0.1, -0.05) is 24.5 Å². The minimum atomic E-state index is 0.144. The van der Waals surface area contributed by atoms with E-state index >= 15 is 0 Å². The van der Waals surface area contributed by atoms with Crippen molar-refractivity contribution in [2.45, 2.75) is 51.4 Å². The molecule has 0 bridgehead atoms. The van der Waals surface area contributed by atoms with Gasteiger partial charge >= 0.3 is 6.03 Å². The van der Waals surface area contributed by atoms with E-state index in [4.69, 9.17) is 0 Å². The van der Waals surface area contributed by atoms with E-state index in [0.717, 1.165) is 26.1 Å². The van der Waals surface area contributed by atoms with Gasteiger partial charge in [0.25, 0.3) is 0 Å². The topological polar surface area (TPSA) is 32.3 Å². The molecule has 1 aliphatic heterocycles. The van der Waals surface area contributed by atoms with Crippen LogP contribution in [0.1, 0.15) is 51.4 Å². The molecular weight excluding hydrogens is 212 g/mol. The molecule has 0 atom stereocenters. The van der Waals surface area contributed by atoms with Crippen molar-refractivity contribution < 1.29 is 4.79 Å². The molecule has 2 aliphatic rings. The molecule has 1 N–H and O–H groups in total. The highest BCUT2D eigenvalue weighted by atomic mass is 16.2. The molecule has 0 spiro atoms. The Hall–Kier alpha value is -0.990. The van der Waals surface area contributed by atoms with Crippen molar-refractivity contribution >= 4 is 6.03 Å². The van der Waals surface area contributed by atoms with Gasteiger partial charge in [0.15, 0.2) is 0 Å². The Bertz CT molecular complexity index is 278. The number of nitrogens with zero attached hydrogens (tertiary/aromatic N) is 1. The van der Waals surface area contributed by atoms with Crippen LogP contribution < -0.4 is 5.32 Å². The third-order valence-electron chi connectivity index (χ3n) is 3.75. The summed E-state index contributed by atoms with van der Waals surface area (Å²) in [6.07, 6.45) is 12.0. The summed E-state index contributed by atoms with van der Waals surface area (Å²) in [5, 5.41) is 3.05. The molecule has 0 aromatic heterocycles. The summed E-state index contributed by atoms with van der Waals surface area (Å²) in [5.74, 6) is 0. The summed E-state index contributed by atoms with van der Waals surface area (Å²) in [5.41, 5.74) is 1.53. The quantitative estimate of drug-likeness (QED) is 0.750. The van der Waals surface area contributed by atoms with Crippen LogP contribution in [0.4, 0.5) is 4.79 Å². The van der Waals surface area contributed by atoms with E-state index in [9.17, 15) is 4.79 Å². The standard InChI is InChI=1S/C14H24N2O/c17-14(16-11-5-1-2-6-12-16)15-10-9-13-7-3-4-8-13/h7H,1-6,8-12H2,(H,15,17). The Kier molecular flexibility index (Phi) is 4.89. The number of hydrogen-bond donors (Lipinski definition) is 1. The number of carbonyl (C=O) groups is 1. The lowest BCUT2D eigenvalue weighted by Crippen LogP contribution is -2.40. The monoisotopic (exact) mass is 236 g/mol. The number of rotatable bonds is 3. The number of likely N-dealkylation sites (tertiary alicyclic amines) is 1. The highest BCUT2D eigenvalue weighted by molar-refractivity contribution is 5.74. The molecule has 1 fully saturated rings. The SMILES string of the molecule is O=C(NCCC1=CCCC1)N1CCCCCC1. The molecule has 2 amide bonds. The van der Waals surface area contributed by atoms with Crippen molar-refractivity contribution in [3.05, 3.63) is 11.6 Å². The van der Waals surface area contributed by atoms with Gasteiger partial charge in [-0.15, -0.1) is 0 Å². The summed E-state index contributed by atoms with van der Waals surface area (Å²) >= 11 is 0. The second kappa shape index (κ2) is 6.67. The van der Waals surface area contributed by atoms with Gasteiger partial charge in [0, 0.05) is 19.6 Å². The van der Waals surface area contributed by atoms with Gasteiger partial charge in [0.1, 0.15) is 0 Å². The van der Waals surface area contributed by atoms with Crippen molar-refractivity contribution in [3.63, 3.8) is 0 Å². The predicted molar refractivity (Wildman–Crippen MR) is 70.0 cm³/mol. The minimum absolute atomic E-state index is 0.144. The molecule has 0 radical (unpaired) electrons. The average molecular weight is 236 g/mol. The minimum Gasteiger partial charge on any atom is -0.338 e. The molecule has 0 saturated carbocycles. The summed E-state index contributed by atoms with van der Waals surface area (Å²) in [6.45, 7) is 2.68. The van der Waals surface area contributed by atoms with Gasteiger partial charge in [0.05, 0.1) is 0 Å². The number of amides is 2. The van der Waals surface area contributed by atoms with Crippen LogP contribution in [0.25, 0.3) is 0 Å². The van der Waals surface area contributed by atoms with Crippen molar-refractivity contribution in [1.82, 2.24) is 10.2 Å². The van der Waals surface area contributed by atoms with Crippen molar-refractivity contribution in [3.8, 4) is 0 Å². The molecule has 0 unspecified atom stereocenters. The van der Waals surface area contributed by atoms with E-state index in [1.54, 1.807) is 0 Å². The van der Waals surface area contributed by atoms with Crippen LogP contribution in [-0.2, 0) is 0 Å². The van der Waals surface area contributed by atoms with Gasteiger partial charge in [-0.3, -0.25) is 0 Å². The van der Waals surface area contributed by atoms with Gasteiger partial charge in [0.2, 0.25) is 0 Å². The lowest BCUT2D eigenvalue weighted by molar-refractivity contribution is 0.200. The maximum absolute atomic E-state index is 11.9. The lowest BCUT2D eigenvalue weighted by atomic mass is 10.2. The van der Waals surface area contributed by atoms with Crippen LogP contribution in [0.15, 0.2) is 11.6 Å². The highest BCUT2D eigenvalue weighted by Crippen LogP contribution is 2.19. The van der Waals surface area contributed by atoms with E-state index in [0.29, 0.717) is 0 Å². The smallest absolute Gasteiger partial charge is 0.317 e. The Labute approximate surface area is 104 Å². The second-order valence-corrected chi connectivity index (χ2v) is 5.14. The molecule has 3 heteroatoms. The predicted octanol–water partition coefficient (Wildman–Crippen LogP) is 3.07. The molecule has 17 heavy (non-hydrogen) atoms.